The molecule has 0 aliphatic carbocycles. The first-order valence-electron chi connectivity index (χ1n) is 7.47. The maximum atomic E-state index is 12.6. The van der Waals surface area contributed by atoms with Crippen molar-refractivity contribution in [3.63, 3.8) is 0 Å². The third-order valence-electron chi connectivity index (χ3n) is 3.45. The van der Waals surface area contributed by atoms with E-state index in [1.165, 1.54) is 5.56 Å². The molecule has 0 aliphatic heterocycles. The van der Waals surface area contributed by atoms with Crippen LogP contribution in [0.1, 0.15) is 15.9 Å². The zero-order chi connectivity index (χ0) is 16.9. The van der Waals surface area contributed by atoms with Crippen LogP contribution in [0, 0.1) is 6.92 Å². The van der Waals surface area contributed by atoms with Crippen molar-refractivity contribution >= 4 is 39.0 Å². The molecule has 0 radical (unpaired) electrons. The number of halogens is 1. The van der Waals surface area contributed by atoms with Gasteiger partial charge in [-0.3, -0.25) is 4.79 Å². The van der Waals surface area contributed by atoms with Crippen molar-refractivity contribution in [1.82, 2.24) is 4.98 Å². The van der Waals surface area contributed by atoms with E-state index in [0.29, 0.717) is 11.4 Å². The second-order valence-electron chi connectivity index (χ2n) is 5.36. The van der Waals surface area contributed by atoms with E-state index in [-0.39, 0.29) is 5.91 Å². The Bertz CT molecular complexity index is 862. The topological polar surface area (TPSA) is 54.0 Å². The molecule has 3 aromatic rings. The lowest BCUT2D eigenvalue weighted by molar-refractivity contribution is 0.102. The fraction of sp³-hybridized carbons (Fsp3) is 0.0526. The van der Waals surface area contributed by atoms with Crippen LogP contribution in [-0.2, 0) is 0 Å². The molecule has 0 atom stereocenters. The van der Waals surface area contributed by atoms with Crippen molar-refractivity contribution in [3.8, 4) is 0 Å². The van der Waals surface area contributed by atoms with E-state index in [0.717, 1.165) is 15.8 Å². The average Bonchev–Trinajstić information content (AvgIpc) is 2.57. The first-order chi connectivity index (χ1) is 11.6. The first-order valence-corrected chi connectivity index (χ1v) is 8.27. The second kappa shape index (κ2) is 7.27. The van der Waals surface area contributed by atoms with Crippen molar-refractivity contribution in [2.45, 2.75) is 6.92 Å². The van der Waals surface area contributed by atoms with Crippen molar-refractivity contribution in [2.24, 2.45) is 0 Å². The lowest BCUT2D eigenvalue weighted by Crippen LogP contribution is -2.14. The van der Waals surface area contributed by atoms with Gasteiger partial charge in [0.15, 0.2) is 0 Å². The van der Waals surface area contributed by atoms with Gasteiger partial charge in [0.1, 0.15) is 5.82 Å². The number of carbonyl (C=O) groups is 1. The Morgan fingerprint density at radius 2 is 1.79 bits per heavy atom. The molecule has 120 valence electrons. The first kappa shape index (κ1) is 16.2. The molecule has 0 unspecified atom stereocenters. The number of carbonyl (C=O) groups excluding carboxylic acids is 1. The number of aromatic nitrogens is 1. The number of aryl methyl sites for hydroxylation is 1. The summed E-state index contributed by atoms with van der Waals surface area (Å²) >= 11 is 3.40. The van der Waals surface area contributed by atoms with Gasteiger partial charge in [0, 0.05) is 22.0 Å². The van der Waals surface area contributed by atoms with E-state index in [9.17, 15) is 4.79 Å². The Hall–Kier alpha value is -2.66. The molecule has 3 rings (SSSR count). The summed E-state index contributed by atoms with van der Waals surface area (Å²) in [6.07, 6.45) is 1.66. The average molecular weight is 382 g/mol. The van der Waals surface area contributed by atoms with Crippen LogP contribution < -0.4 is 10.6 Å². The molecule has 0 aliphatic rings. The van der Waals surface area contributed by atoms with Crippen LogP contribution in [0.15, 0.2) is 71.3 Å². The number of rotatable bonds is 4. The quantitative estimate of drug-likeness (QED) is 0.656. The highest BCUT2D eigenvalue weighted by Crippen LogP contribution is 2.21. The minimum absolute atomic E-state index is 0.212. The lowest BCUT2D eigenvalue weighted by Gasteiger charge is -2.11. The zero-order valence-corrected chi connectivity index (χ0v) is 14.7. The van der Waals surface area contributed by atoms with Crippen LogP contribution in [0.4, 0.5) is 17.2 Å². The van der Waals surface area contributed by atoms with Gasteiger partial charge in [-0.15, -0.1) is 0 Å². The minimum atomic E-state index is -0.212. The fourth-order valence-electron chi connectivity index (χ4n) is 2.23. The summed E-state index contributed by atoms with van der Waals surface area (Å²) in [5.74, 6) is 0.310. The molecular formula is C19H16BrN3O. The number of nitrogens with one attached hydrogen (secondary N) is 2. The fourth-order valence-corrected chi connectivity index (χ4v) is 2.63. The lowest BCUT2D eigenvalue weighted by atomic mass is 10.2. The molecule has 1 aromatic heterocycles. The summed E-state index contributed by atoms with van der Waals surface area (Å²) in [4.78, 5) is 16.9. The molecule has 0 saturated heterocycles. The van der Waals surface area contributed by atoms with Crippen molar-refractivity contribution in [3.05, 3.63) is 82.5 Å². The van der Waals surface area contributed by atoms with Crippen LogP contribution in [0.3, 0.4) is 0 Å². The van der Waals surface area contributed by atoms with Gasteiger partial charge in [0.2, 0.25) is 0 Å². The Balaban J connectivity index is 1.83. The molecular weight excluding hydrogens is 366 g/mol. The van der Waals surface area contributed by atoms with E-state index < -0.39 is 0 Å². The van der Waals surface area contributed by atoms with Gasteiger partial charge in [-0.05, 0) is 49.4 Å². The van der Waals surface area contributed by atoms with Gasteiger partial charge in [0.25, 0.3) is 5.91 Å². The zero-order valence-electron chi connectivity index (χ0n) is 13.1. The van der Waals surface area contributed by atoms with Gasteiger partial charge >= 0.3 is 0 Å². The standard InChI is InChI=1S/C19H16BrN3O/c1-13-7-9-15(10-8-13)22-18-17(6-3-11-21-18)19(24)23-16-5-2-4-14(20)12-16/h2-12H,1H3,(H,21,22)(H,23,24). The Kier molecular flexibility index (Phi) is 4.91. The largest absolute Gasteiger partial charge is 0.340 e. The highest BCUT2D eigenvalue weighted by atomic mass is 79.9. The molecule has 4 nitrogen and oxygen atoms in total. The Labute approximate surface area is 149 Å². The molecule has 0 bridgehead atoms. The maximum Gasteiger partial charge on any atom is 0.259 e. The number of hydrogen-bond acceptors (Lipinski definition) is 3. The number of amides is 1. The van der Waals surface area contributed by atoms with E-state index in [4.69, 9.17) is 0 Å². The Morgan fingerprint density at radius 1 is 1.00 bits per heavy atom. The van der Waals surface area contributed by atoms with E-state index in [1.807, 2.05) is 55.5 Å². The molecule has 24 heavy (non-hydrogen) atoms. The number of anilines is 3. The third-order valence-corrected chi connectivity index (χ3v) is 3.94. The summed E-state index contributed by atoms with van der Waals surface area (Å²) < 4.78 is 0.907. The SMILES string of the molecule is Cc1ccc(Nc2ncccc2C(=O)Nc2cccc(Br)c2)cc1. The molecule has 5 heteroatoms. The molecule has 0 saturated carbocycles. The molecule has 2 aromatic carbocycles. The summed E-state index contributed by atoms with van der Waals surface area (Å²) in [5.41, 5.74) is 3.27. The highest BCUT2D eigenvalue weighted by molar-refractivity contribution is 9.10. The van der Waals surface area contributed by atoms with Crippen LogP contribution in [-0.4, -0.2) is 10.9 Å². The van der Waals surface area contributed by atoms with Gasteiger partial charge in [0.05, 0.1) is 5.56 Å². The van der Waals surface area contributed by atoms with Crippen LogP contribution in [0.5, 0.6) is 0 Å². The van der Waals surface area contributed by atoms with Gasteiger partial charge in [-0.25, -0.2) is 4.98 Å². The van der Waals surface area contributed by atoms with Crippen LogP contribution >= 0.6 is 15.9 Å². The normalized spacial score (nSPS) is 10.2. The van der Waals surface area contributed by atoms with Gasteiger partial charge in [-0.2, -0.15) is 0 Å². The minimum Gasteiger partial charge on any atom is -0.340 e. The highest BCUT2D eigenvalue weighted by Gasteiger charge is 2.13. The van der Waals surface area contributed by atoms with E-state index in [1.54, 1.807) is 18.3 Å². The third kappa shape index (κ3) is 4.00. The van der Waals surface area contributed by atoms with Crippen LogP contribution in [0.25, 0.3) is 0 Å². The Morgan fingerprint density at radius 3 is 2.54 bits per heavy atom. The molecule has 1 amide bonds. The molecule has 1 heterocycles. The molecule has 2 N–H and O–H groups in total. The summed E-state index contributed by atoms with van der Waals surface area (Å²) in [5, 5.41) is 6.08. The number of nitrogens with zero attached hydrogens (tertiary/aromatic N) is 1. The second-order valence-corrected chi connectivity index (χ2v) is 6.27. The van der Waals surface area contributed by atoms with Crippen molar-refractivity contribution in [2.75, 3.05) is 10.6 Å². The summed E-state index contributed by atoms with van der Waals surface area (Å²) in [7, 11) is 0. The number of pyridine rings is 1. The summed E-state index contributed by atoms with van der Waals surface area (Å²) in [6.45, 7) is 2.03. The van der Waals surface area contributed by atoms with Crippen molar-refractivity contribution in [1.29, 1.82) is 0 Å². The maximum absolute atomic E-state index is 12.6. The van der Waals surface area contributed by atoms with E-state index in [2.05, 4.69) is 31.5 Å². The smallest absolute Gasteiger partial charge is 0.259 e. The van der Waals surface area contributed by atoms with Gasteiger partial charge in [-0.1, -0.05) is 39.7 Å². The van der Waals surface area contributed by atoms with E-state index >= 15 is 0 Å². The predicted octanol–water partition coefficient (Wildman–Crippen LogP) is 5.15. The number of hydrogen-bond donors (Lipinski definition) is 2. The monoisotopic (exact) mass is 381 g/mol. The summed E-state index contributed by atoms with van der Waals surface area (Å²) in [6, 6.07) is 18.9. The molecule has 0 spiro atoms. The predicted molar refractivity (Wildman–Crippen MR) is 101 cm³/mol. The number of benzene rings is 2. The molecule has 0 fully saturated rings. The van der Waals surface area contributed by atoms with Crippen molar-refractivity contribution < 1.29 is 4.79 Å². The van der Waals surface area contributed by atoms with Gasteiger partial charge < -0.3 is 10.6 Å². The van der Waals surface area contributed by atoms with Crippen LogP contribution in [0.2, 0.25) is 0 Å².